The van der Waals surface area contributed by atoms with E-state index in [0.29, 0.717) is 6.42 Å². The van der Waals surface area contributed by atoms with Crippen LogP contribution in [0.5, 0.6) is 0 Å². The van der Waals surface area contributed by atoms with Gasteiger partial charge in [0.1, 0.15) is 11.7 Å². The fraction of sp³-hybridized carbons (Fsp3) is 0.545. The van der Waals surface area contributed by atoms with Crippen molar-refractivity contribution >= 4 is 8.53 Å². The fourth-order valence-electron chi connectivity index (χ4n) is 4.98. The van der Waals surface area contributed by atoms with Gasteiger partial charge in [0.15, 0.2) is 12.4 Å². The van der Waals surface area contributed by atoms with Crippen molar-refractivity contribution in [3.05, 3.63) is 69.0 Å². The molecule has 2 aromatic rings. The van der Waals surface area contributed by atoms with E-state index in [1.807, 2.05) is 25.1 Å². The summed E-state index contributed by atoms with van der Waals surface area (Å²) in [6.07, 6.45) is -0.373. The van der Waals surface area contributed by atoms with Gasteiger partial charge in [-0.2, -0.15) is 0 Å². The van der Waals surface area contributed by atoms with Gasteiger partial charge in [-0.3, -0.25) is 14.3 Å². The lowest BCUT2D eigenvalue weighted by molar-refractivity contribution is -0.0272. The molecule has 0 spiro atoms. The minimum Gasteiger partial charge on any atom is -0.349 e. The molecule has 3 aliphatic rings. The number of aromatic amines is 1. The normalized spacial score (nSPS) is 37.1. The average Bonchev–Trinajstić information content (AvgIpc) is 3.46. The number of halogens is 1. The highest BCUT2D eigenvalue weighted by Gasteiger charge is 2.57. The van der Waals surface area contributed by atoms with Gasteiger partial charge in [-0.1, -0.05) is 37.3 Å². The molecule has 3 fully saturated rings. The summed E-state index contributed by atoms with van der Waals surface area (Å²) in [6, 6.07) is 11.4. The van der Waals surface area contributed by atoms with Crippen molar-refractivity contribution in [3.63, 3.8) is 0 Å². The van der Waals surface area contributed by atoms with Crippen molar-refractivity contribution in [3.8, 4) is 0 Å². The van der Waals surface area contributed by atoms with Gasteiger partial charge >= 0.3 is 5.69 Å². The van der Waals surface area contributed by atoms with Crippen molar-refractivity contribution in [2.75, 3.05) is 6.54 Å². The van der Waals surface area contributed by atoms with Gasteiger partial charge in [-0.25, -0.2) is 13.9 Å². The molecular formula is C22H27FN3O5P. The number of rotatable bonds is 5. The number of alkyl halides is 1. The summed E-state index contributed by atoms with van der Waals surface area (Å²) in [5.74, 6) is 0. The summed E-state index contributed by atoms with van der Waals surface area (Å²) in [5.41, 5.74) is -0.705. The molecule has 0 aliphatic carbocycles. The van der Waals surface area contributed by atoms with Crippen LogP contribution < -0.4 is 11.2 Å². The van der Waals surface area contributed by atoms with Gasteiger partial charge in [0.2, 0.25) is 0 Å². The van der Waals surface area contributed by atoms with Crippen LogP contribution >= 0.6 is 8.53 Å². The quantitative estimate of drug-likeness (QED) is 0.686. The van der Waals surface area contributed by atoms with E-state index >= 15 is 4.39 Å². The lowest BCUT2D eigenvalue weighted by atomic mass is 9.87. The molecule has 0 radical (unpaired) electrons. The van der Waals surface area contributed by atoms with Crippen LogP contribution in [-0.2, 0) is 19.4 Å². The SMILES string of the molecule is CC[C@H]1O[C@@H](n2ccc(=O)[nH]c2=O)[C@@H](F)C1O[P@@]1O[C@](C)(c2ccccc2)[C@@H]2CCCN21. The number of hydrogen-bond acceptors (Lipinski definition) is 6. The Bertz CT molecular complexity index is 1080. The molecule has 3 saturated heterocycles. The molecular weight excluding hydrogens is 436 g/mol. The zero-order valence-electron chi connectivity index (χ0n) is 18.0. The molecule has 8 nitrogen and oxygen atoms in total. The van der Waals surface area contributed by atoms with Crippen LogP contribution in [0, 0.1) is 0 Å². The first kappa shape index (κ1) is 21.9. The lowest BCUT2D eigenvalue weighted by Crippen LogP contribution is -2.37. The third-order valence-electron chi connectivity index (χ3n) is 6.69. The summed E-state index contributed by atoms with van der Waals surface area (Å²) >= 11 is 0. The van der Waals surface area contributed by atoms with Crippen molar-refractivity contribution in [1.82, 2.24) is 14.2 Å². The predicted molar refractivity (Wildman–Crippen MR) is 117 cm³/mol. The molecule has 7 atom stereocenters. The van der Waals surface area contributed by atoms with Gasteiger partial charge in [0.05, 0.1) is 12.1 Å². The number of nitrogens with zero attached hydrogens (tertiary/aromatic N) is 2. The van der Waals surface area contributed by atoms with Gasteiger partial charge in [0, 0.05) is 18.8 Å². The molecule has 172 valence electrons. The molecule has 0 saturated carbocycles. The van der Waals surface area contributed by atoms with E-state index in [4.69, 9.17) is 13.8 Å². The third kappa shape index (κ3) is 3.56. The van der Waals surface area contributed by atoms with Gasteiger partial charge in [0.25, 0.3) is 14.1 Å². The average molecular weight is 463 g/mol. The molecule has 1 unspecified atom stereocenters. The molecule has 5 rings (SSSR count). The summed E-state index contributed by atoms with van der Waals surface area (Å²) in [5, 5.41) is 0. The summed E-state index contributed by atoms with van der Waals surface area (Å²) in [4.78, 5) is 25.7. The number of fused-ring (bicyclic) bond motifs is 1. The van der Waals surface area contributed by atoms with Gasteiger partial charge in [-0.05, 0) is 31.7 Å². The van der Waals surface area contributed by atoms with E-state index in [-0.39, 0.29) is 6.04 Å². The van der Waals surface area contributed by atoms with Crippen molar-refractivity contribution in [2.24, 2.45) is 0 Å². The number of hydrogen-bond donors (Lipinski definition) is 1. The van der Waals surface area contributed by atoms with Crippen LogP contribution in [0.1, 0.15) is 44.9 Å². The van der Waals surface area contributed by atoms with E-state index in [0.717, 1.165) is 29.5 Å². The Hall–Kier alpha value is -1.90. The van der Waals surface area contributed by atoms with Crippen molar-refractivity contribution < 1.29 is 18.2 Å². The highest BCUT2D eigenvalue weighted by molar-refractivity contribution is 7.45. The first-order valence-corrected chi connectivity index (χ1v) is 12.1. The standard InChI is InChI=1S/C22H27FN3O5P/c1-3-15-19(18(23)20(29-15)25-13-11-17(27)24-21(25)28)30-32-26-12-7-10-16(26)22(2,31-32)14-8-5-4-6-9-14/h4-6,8-9,11,13,15-16,18-20H,3,7,10,12H2,1-2H3,(H,24,27,28)/t15-,16+,18+,19?,20-,22-,32+/m1/s1. The van der Waals surface area contributed by atoms with Crippen molar-refractivity contribution in [2.45, 2.75) is 69.4 Å². The largest absolute Gasteiger partial charge is 0.349 e. The Morgan fingerprint density at radius 2 is 2.06 bits per heavy atom. The number of H-pyrrole nitrogens is 1. The molecule has 1 aromatic carbocycles. The molecule has 32 heavy (non-hydrogen) atoms. The zero-order chi connectivity index (χ0) is 22.5. The van der Waals surface area contributed by atoms with E-state index in [9.17, 15) is 9.59 Å². The second-order valence-electron chi connectivity index (χ2n) is 8.63. The van der Waals surface area contributed by atoms with Crippen LogP contribution in [0.3, 0.4) is 0 Å². The van der Waals surface area contributed by atoms with Crippen LogP contribution in [0.15, 0.2) is 52.2 Å². The zero-order valence-corrected chi connectivity index (χ0v) is 18.9. The van der Waals surface area contributed by atoms with Crippen LogP contribution in [0.2, 0.25) is 0 Å². The van der Waals surface area contributed by atoms with Crippen LogP contribution in [-0.4, -0.2) is 45.2 Å². The van der Waals surface area contributed by atoms with E-state index in [1.54, 1.807) is 0 Å². The van der Waals surface area contributed by atoms with Crippen molar-refractivity contribution in [1.29, 1.82) is 0 Å². The topological polar surface area (TPSA) is 85.8 Å². The first-order chi connectivity index (χ1) is 15.4. The lowest BCUT2D eigenvalue weighted by Gasteiger charge is -2.29. The summed E-state index contributed by atoms with van der Waals surface area (Å²) in [7, 11) is -1.50. The summed E-state index contributed by atoms with van der Waals surface area (Å²) in [6.45, 7) is 4.80. The monoisotopic (exact) mass is 463 g/mol. The first-order valence-electron chi connectivity index (χ1n) is 11.0. The highest BCUT2D eigenvalue weighted by Crippen LogP contribution is 2.64. The maximum absolute atomic E-state index is 15.6. The van der Waals surface area contributed by atoms with E-state index in [1.165, 1.54) is 12.3 Å². The second kappa shape index (κ2) is 8.47. The summed E-state index contributed by atoms with van der Waals surface area (Å²) < 4.78 is 37.6. The van der Waals surface area contributed by atoms with Gasteiger partial charge < -0.3 is 13.8 Å². The Kier molecular flexibility index (Phi) is 5.80. The predicted octanol–water partition coefficient (Wildman–Crippen LogP) is 3.20. The molecule has 10 heteroatoms. The van der Waals surface area contributed by atoms with E-state index < -0.39 is 50.0 Å². The fourth-order valence-corrected chi connectivity index (χ4v) is 7.13. The maximum Gasteiger partial charge on any atom is 0.330 e. The molecule has 1 aromatic heterocycles. The van der Waals surface area contributed by atoms with Gasteiger partial charge in [-0.15, -0.1) is 0 Å². The Morgan fingerprint density at radius 3 is 2.78 bits per heavy atom. The minimum absolute atomic E-state index is 0.161. The third-order valence-corrected chi connectivity index (χ3v) is 8.55. The Morgan fingerprint density at radius 1 is 1.28 bits per heavy atom. The van der Waals surface area contributed by atoms with Crippen LogP contribution in [0.25, 0.3) is 0 Å². The molecule has 0 amide bonds. The van der Waals surface area contributed by atoms with Crippen LogP contribution in [0.4, 0.5) is 4.39 Å². The minimum atomic E-state index is -1.58. The molecule has 1 N–H and O–H groups in total. The Balaban J connectivity index is 1.40. The smallest absolute Gasteiger partial charge is 0.330 e. The molecule has 0 bridgehead atoms. The highest BCUT2D eigenvalue weighted by atomic mass is 31.2. The number of nitrogens with one attached hydrogen (secondary N) is 1. The van der Waals surface area contributed by atoms with E-state index in [2.05, 4.69) is 28.7 Å². The molecule has 3 aliphatic heterocycles. The Labute approximate surface area is 186 Å². The number of aromatic nitrogens is 2. The number of benzene rings is 1. The second-order valence-corrected chi connectivity index (χ2v) is 10.0. The maximum atomic E-state index is 15.6. The molecule has 4 heterocycles. The number of ether oxygens (including phenoxy) is 1.